The predicted octanol–water partition coefficient (Wildman–Crippen LogP) is 9.49. The van der Waals surface area contributed by atoms with Crippen molar-refractivity contribution in [2.24, 2.45) is 11.3 Å². The Labute approximate surface area is 432 Å². The molecule has 1 spiro atoms. The molecule has 2 aliphatic carbocycles. The highest BCUT2D eigenvalue weighted by Crippen LogP contribution is 2.55. The first-order chi connectivity index (χ1) is 35.6. The topological polar surface area (TPSA) is 205 Å². The highest BCUT2D eigenvalue weighted by molar-refractivity contribution is 7.90. The van der Waals surface area contributed by atoms with Crippen LogP contribution in [0.15, 0.2) is 77.8 Å². The number of nitro benzene ring substituents is 1. The van der Waals surface area contributed by atoms with Crippen LogP contribution in [0.5, 0.6) is 11.6 Å². The summed E-state index contributed by atoms with van der Waals surface area (Å²) in [5, 5.41) is 27.3. The minimum atomic E-state index is -4.71. The second-order valence-electron chi connectivity index (χ2n) is 22.9. The summed E-state index contributed by atoms with van der Waals surface area (Å²) in [6.45, 7) is 10.2. The van der Waals surface area contributed by atoms with E-state index in [2.05, 4.69) is 67.8 Å². The molecule has 4 atom stereocenters. The van der Waals surface area contributed by atoms with Gasteiger partial charge in [0.15, 0.2) is 11.4 Å². The first-order valence-corrected chi connectivity index (χ1v) is 28.4. The average Bonchev–Trinajstić information content (AvgIpc) is 3.86. The lowest BCUT2D eigenvalue weighted by molar-refractivity contribution is -0.384. The van der Waals surface area contributed by atoms with Gasteiger partial charge in [-0.25, -0.2) is 13.1 Å². The number of anilines is 4. The van der Waals surface area contributed by atoms with Gasteiger partial charge in [0, 0.05) is 61.2 Å². The van der Waals surface area contributed by atoms with Gasteiger partial charge in [-0.05, 0) is 143 Å². The summed E-state index contributed by atoms with van der Waals surface area (Å²) in [4.78, 5) is 41.7. The van der Waals surface area contributed by atoms with Gasteiger partial charge in [0.1, 0.15) is 24.0 Å². The quantitative estimate of drug-likeness (QED) is 0.0760. The summed E-state index contributed by atoms with van der Waals surface area (Å²) >= 11 is 0. The Morgan fingerprint density at radius 2 is 1.74 bits per heavy atom. The molecule has 2 saturated carbocycles. The largest absolute Gasteiger partial charge is 0.489 e. The van der Waals surface area contributed by atoms with Crippen molar-refractivity contribution < 1.29 is 37.5 Å². The lowest BCUT2D eigenvalue weighted by Crippen LogP contribution is -2.56. The summed E-state index contributed by atoms with van der Waals surface area (Å²) < 4.78 is 49.7. The number of hydrogen-bond acceptors (Lipinski definition) is 14. The number of sulfonamides is 1. The molecule has 5 aliphatic heterocycles. The highest BCUT2D eigenvalue weighted by Gasteiger charge is 2.50. The van der Waals surface area contributed by atoms with Gasteiger partial charge in [-0.15, -0.1) is 0 Å². The normalized spacial score (nSPS) is 27.0. The SMILES string of the molecule is CC(C)c1ccccc1[C@H]1CCCCN1C1CC2(CCN(c3ccc(C(=O)NS(=O)(=O)c4cc5c(c([N+](=O)[O-])c4)N[C@H](C4CCC(C)(O)CC4)CO5)c(N4c5cc6cc[nH]c6nc5O[C@H]5COCC[C@@H]54)c3)CC2)C1. The summed E-state index contributed by atoms with van der Waals surface area (Å²) in [6, 6.07) is 21.3. The van der Waals surface area contributed by atoms with Crippen molar-refractivity contribution in [3.8, 4) is 11.6 Å². The van der Waals surface area contributed by atoms with E-state index in [-0.39, 0.29) is 47.0 Å². The number of benzene rings is 3. The molecule has 7 aliphatic rings. The number of ether oxygens (including phenoxy) is 3. The number of hydrogen-bond donors (Lipinski definition) is 4. The van der Waals surface area contributed by atoms with Crippen LogP contribution in [0.3, 0.4) is 0 Å². The zero-order chi connectivity index (χ0) is 51.1. The van der Waals surface area contributed by atoms with Crippen LogP contribution in [0.25, 0.3) is 11.0 Å². The van der Waals surface area contributed by atoms with Crippen LogP contribution in [0.2, 0.25) is 0 Å². The van der Waals surface area contributed by atoms with E-state index in [1.54, 1.807) is 6.07 Å². The van der Waals surface area contributed by atoms with Gasteiger partial charge in [-0.1, -0.05) is 44.5 Å². The summed E-state index contributed by atoms with van der Waals surface area (Å²) in [6.07, 6.45) is 12.8. The van der Waals surface area contributed by atoms with Crippen LogP contribution in [-0.4, -0.2) is 109 Å². The van der Waals surface area contributed by atoms with Crippen LogP contribution < -0.4 is 29.3 Å². The van der Waals surface area contributed by atoms with Gasteiger partial charge in [0.2, 0.25) is 5.88 Å². The first kappa shape index (κ1) is 49.0. The number of likely N-dealkylation sites (tertiary alicyclic amines) is 1. The van der Waals surface area contributed by atoms with Crippen molar-refractivity contribution >= 4 is 55.4 Å². The van der Waals surface area contributed by atoms with Crippen LogP contribution in [-0.2, 0) is 14.8 Å². The molecular formula is C56H68N8O9S. The monoisotopic (exact) mass is 1030 g/mol. The smallest absolute Gasteiger partial charge is 0.297 e. The number of aliphatic hydroxyl groups is 1. The number of nitrogens with one attached hydrogen (secondary N) is 3. The Kier molecular flexibility index (Phi) is 12.6. The molecule has 0 bridgehead atoms. The molecule has 74 heavy (non-hydrogen) atoms. The number of pyridine rings is 1. The highest BCUT2D eigenvalue weighted by atomic mass is 32.2. The summed E-state index contributed by atoms with van der Waals surface area (Å²) in [5.41, 5.74) is 4.92. The standard InChI is InChI=1S/C56H68N8O9S/c1-34(2)40-8-4-5-9-41(40)44-10-6-7-22-62(44)38-30-56(31-38)19-23-61(24-20-56)37-11-12-42(46(27-37)63-45-16-25-71-33-50(45)73-54-48(63)26-36-15-21-57-52(36)59-54)53(65)60-74(69,70)39-28-47(64(67)68)51-49(29-39)72-32-43(58-51)35-13-17-55(3,66)18-14-35/h4-5,8-9,11-12,15,21,26-29,34-35,38,43-45,50,58,66H,6-7,10,13-14,16-20,22-25,30-33H2,1-3H3,(H,57,59)(H,60,65)/t35?,43-,44+,45-,50-,55?/m0/s1. The van der Waals surface area contributed by atoms with Gasteiger partial charge < -0.3 is 39.4 Å². The minimum Gasteiger partial charge on any atom is -0.489 e. The van der Waals surface area contributed by atoms with Crippen LogP contribution >= 0.6 is 0 Å². The Hall–Kier alpha value is -5.95. The fraction of sp³-hybridized carbons (Fsp3) is 0.536. The van der Waals surface area contributed by atoms with E-state index < -0.39 is 43.1 Å². The molecule has 0 unspecified atom stereocenters. The Morgan fingerprint density at radius 1 is 0.946 bits per heavy atom. The molecule has 17 nitrogen and oxygen atoms in total. The lowest BCUT2D eigenvalue weighted by Gasteiger charge is -2.57. The van der Waals surface area contributed by atoms with E-state index in [0.717, 1.165) is 49.6 Å². The molecule has 3 saturated heterocycles. The summed E-state index contributed by atoms with van der Waals surface area (Å²) in [7, 11) is -4.71. The number of H-pyrrole nitrogens is 1. The van der Waals surface area contributed by atoms with Crippen molar-refractivity contribution in [3.05, 3.63) is 99.7 Å². The van der Waals surface area contributed by atoms with E-state index >= 15 is 0 Å². The molecule has 5 aromatic rings. The fourth-order valence-corrected chi connectivity index (χ4v) is 14.6. The molecule has 12 rings (SSSR count). The van der Waals surface area contributed by atoms with Crippen LogP contribution in [0, 0.1) is 21.4 Å². The van der Waals surface area contributed by atoms with Gasteiger partial charge in [-0.3, -0.25) is 19.8 Å². The molecule has 5 fully saturated rings. The van der Waals surface area contributed by atoms with E-state index in [4.69, 9.17) is 19.2 Å². The van der Waals surface area contributed by atoms with E-state index in [1.165, 1.54) is 49.3 Å². The number of aromatic amines is 1. The van der Waals surface area contributed by atoms with E-state index in [9.17, 15) is 28.4 Å². The van der Waals surface area contributed by atoms with E-state index in [1.807, 2.05) is 37.4 Å². The van der Waals surface area contributed by atoms with Crippen LogP contribution in [0.1, 0.15) is 131 Å². The number of piperidine rings is 2. The molecule has 0 radical (unpaired) electrons. The fourth-order valence-electron chi connectivity index (χ4n) is 13.6. The minimum absolute atomic E-state index is 0.0130. The number of carbonyl (C=O) groups is 1. The zero-order valence-corrected chi connectivity index (χ0v) is 43.4. The van der Waals surface area contributed by atoms with Crippen molar-refractivity contribution in [1.29, 1.82) is 0 Å². The lowest BCUT2D eigenvalue weighted by atomic mass is 9.59. The maximum atomic E-state index is 14.9. The third kappa shape index (κ3) is 9.02. The third-order valence-corrected chi connectivity index (χ3v) is 19.1. The number of nitrogens with zero attached hydrogens (tertiary/aromatic N) is 5. The molecule has 3 aromatic carbocycles. The number of rotatable bonds is 10. The predicted molar refractivity (Wildman–Crippen MR) is 282 cm³/mol. The maximum absolute atomic E-state index is 14.9. The molecule has 7 heterocycles. The van der Waals surface area contributed by atoms with Crippen molar-refractivity contribution in [2.45, 2.75) is 145 Å². The third-order valence-electron chi connectivity index (χ3n) is 17.8. The van der Waals surface area contributed by atoms with Crippen molar-refractivity contribution in [3.63, 3.8) is 0 Å². The Bertz CT molecular complexity index is 3080. The number of aromatic nitrogens is 2. The van der Waals surface area contributed by atoms with Crippen molar-refractivity contribution in [2.75, 3.05) is 54.6 Å². The van der Waals surface area contributed by atoms with Gasteiger partial charge >= 0.3 is 0 Å². The maximum Gasteiger partial charge on any atom is 0.297 e. The molecule has 392 valence electrons. The number of amides is 1. The van der Waals surface area contributed by atoms with Gasteiger partial charge in [0.25, 0.3) is 21.6 Å². The number of carbonyl (C=O) groups excluding carboxylic acids is 1. The summed E-state index contributed by atoms with van der Waals surface area (Å²) in [5.74, 6) is 0.0702. The van der Waals surface area contributed by atoms with Crippen molar-refractivity contribution in [1.82, 2.24) is 19.6 Å². The first-order valence-electron chi connectivity index (χ1n) is 26.9. The van der Waals surface area contributed by atoms with Gasteiger partial charge in [-0.2, -0.15) is 4.98 Å². The zero-order valence-electron chi connectivity index (χ0n) is 42.6. The Morgan fingerprint density at radius 3 is 2.53 bits per heavy atom. The van der Waals surface area contributed by atoms with Gasteiger partial charge in [0.05, 0.1) is 45.4 Å². The average molecular weight is 1030 g/mol. The molecular weight excluding hydrogens is 961 g/mol. The molecule has 1 amide bonds. The number of nitro groups is 1. The molecule has 2 aromatic heterocycles. The number of fused-ring (bicyclic) bond motifs is 4. The second kappa shape index (κ2) is 19.0. The Balaban J connectivity index is 0.831. The second-order valence-corrected chi connectivity index (χ2v) is 24.6. The molecule has 18 heteroatoms. The van der Waals surface area contributed by atoms with E-state index in [0.29, 0.717) is 86.2 Å². The van der Waals surface area contributed by atoms with Crippen LogP contribution in [0.4, 0.5) is 28.4 Å². The molecule has 4 N–H and O–H groups in total.